The van der Waals surface area contributed by atoms with Crippen LogP contribution in [0.5, 0.6) is 5.75 Å². The van der Waals surface area contributed by atoms with E-state index in [4.69, 9.17) is 9.47 Å². The molecule has 8 nitrogen and oxygen atoms in total. The molecule has 2 aromatic rings. The van der Waals surface area contributed by atoms with Gasteiger partial charge in [0, 0.05) is 30.2 Å². The molecule has 0 aliphatic carbocycles. The van der Waals surface area contributed by atoms with E-state index in [0.29, 0.717) is 17.8 Å². The number of nitrogens with one attached hydrogen (secondary N) is 1. The summed E-state index contributed by atoms with van der Waals surface area (Å²) in [5.74, 6) is 0.465. The van der Waals surface area contributed by atoms with E-state index in [0.717, 1.165) is 29.4 Å². The van der Waals surface area contributed by atoms with Gasteiger partial charge in [0.2, 0.25) is 6.29 Å². The van der Waals surface area contributed by atoms with E-state index in [1.54, 1.807) is 6.07 Å². The summed E-state index contributed by atoms with van der Waals surface area (Å²) in [6.07, 6.45) is -3.72. The van der Waals surface area contributed by atoms with Gasteiger partial charge in [0.15, 0.2) is 0 Å². The Labute approximate surface area is 177 Å². The van der Waals surface area contributed by atoms with Crippen molar-refractivity contribution in [2.45, 2.75) is 76.9 Å². The van der Waals surface area contributed by atoms with Gasteiger partial charge in [-0.3, -0.25) is 4.90 Å². The van der Waals surface area contributed by atoms with Crippen molar-refractivity contribution in [3.05, 3.63) is 30.0 Å². The van der Waals surface area contributed by atoms with Gasteiger partial charge in [-0.25, -0.2) is 0 Å². The van der Waals surface area contributed by atoms with E-state index in [2.05, 4.69) is 37.6 Å². The Hall–Kier alpha value is -1.68. The highest BCUT2D eigenvalue weighted by Crippen LogP contribution is 2.31. The molecule has 1 aliphatic heterocycles. The summed E-state index contributed by atoms with van der Waals surface area (Å²) in [5, 5.41) is 40.6. The first-order valence-corrected chi connectivity index (χ1v) is 10.6. The maximum atomic E-state index is 10.3. The minimum absolute atomic E-state index is 0.459. The molecule has 1 fully saturated rings. The Bertz CT molecular complexity index is 813. The Morgan fingerprint density at radius 3 is 2.40 bits per heavy atom. The number of aromatic amines is 1. The molecule has 30 heavy (non-hydrogen) atoms. The number of H-pyrrole nitrogens is 1. The number of hydrogen-bond acceptors (Lipinski definition) is 7. The summed E-state index contributed by atoms with van der Waals surface area (Å²) in [6.45, 7) is 9.22. The molecule has 2 heterocycles. The number of fused-ring (bicyclic) bond motifs is 1. The lowest BCUT2D eigenvalue weighted by Gasteiger charge is -2.39. The first-order valence-electron chi connectivity index (χ1n) is 10.6. The Morgan fingerprint density at radius 2 is 1.77 bits per heavy atom. The minimum Gasteiger partial charge on any atom is -0.460 e. The maximum Gasteiger partial charge on any atom is 0.229 e. The van der Waals surface area contributed by atoms with Gasteiger partial charge < -0.3 is 34.9 Å². The lowest BCUT2D eigenvalue weighted by molar-refractivity contribution is -0.277. The third-order valence-corrected chi connectivity index (χ3v) is 5.82. The molecule has 5 N–H and O–H groups in total. The second-order valence-electron chi connectivity index (χ2n) is 8.48. The third kappa shape index (κ3) is 4.64. The van der Waals surface area contributed by atoms with Gasteiger partial charge >= 0.3 is 0 Å². The van der Waals surface area contributed by atoms with Crippen molar-refractivity contribution in [1.82, 2.24) is 9.88 Å². The SMILES string of the molecule is CC(C)N(CCc1c[nH]c2c(OC3OC(CO)C(O)C(O)C3O)cccc12)C(C)C. The molecule has 0 bridgehead atoms. The minimum atomic E-state index is -1.47. The van der Waals surface area contributed by atoms with Crippen LogP contribution in [-0.2, 0) is 11.2 Å². The quantitative estimate of drug-likeness (QED) is 0.431. The number of aliphatic hydroxyl groups excluding tert-OH is 4. The van der Waals surface area contributed by atoms with Crippen LogP contribution in [0.2, 0.25) is 0 Å². The fourth-order valence-electron chi connectivity index (χ4n) is 4.14. The second kappa shape index (κ2) is 9.64. The second-order valence-corrected chi connectivity index (χ2v) is 8.48. The van der Waals surface area contributed by atoms with Crippen molar-refractivity contribution in [2.75, 3.05) is 13.2 Å². The van der Waals surface area contributed by atoms with Crippen LogP contribution in [0.4, 0.5) is 0 Å². The van der Waals surface area contributed by atoms with Crippen molar-refractivity contribution in [3.8, 4) is 5.75 Å². The van der Waals surface area contributed by atoms with Crippen molar-refractivity contribution in [2.24, 2.45) is 0 Å². The predicted molar refractivity (Wildman–Crippen MR) is 113 cm³/mol. The maximum absolute atomic E-state index is 10.3. The van der Waals surface area contributed by atoms with Gasteiger partial charge in [0.05, 0.1) is 12.1 Å². The smallest absolute Gasteiger partial charge is 0.229 e. The van der Waals surface area contributed by atoms with Gasteiger partial charge in [-0.2, -0.15) is 0 Å². The van der Waals surface area contributed by atoms with E-state index >= 15 is 0 Å². The summed E-state index contributed by atoms with van der Waals surface area (Å²) in [4.78, 5) is 5.68. The lowest BCUT2D eigenvalue weighted by atomic mass is 9.99. The third-order valence-electron chi connectivity index (χ3n) is 5.82. The summed E-state index contributed by atoms with van der Waals surface area (Å²) in [7, 11) is 0. The number of aromatic nitrogens is 1. The standard InChI is InChI=1S/C22H34N2O6/c1-12(2)24(13(3)4)9-8-14-10-23-18-15(14)6-5-7-16(18)29-22-21(28)20(27)19(26)17(11-25)30-22/h5-7,10,12-13,17,19-23,25-28H,8-9,11H2,1-4H3. The van der Waals surface area contributed by atoms with E-state index in [9.17, 15) is 20.4 Å². The molecule has 5 atom stereocenters. The number of ether oxygens (including phenoxy) is 2. The molecule has 168 valence electrons. The van der Waals surface area contributed by atoms with Gasteiger partial charge in [-0.15, -0.1) is 0 Å². The van der Waals surface area contributed by atoms with Gasteiger partial charge in [0.25, 0.3) is 0 Å². The molecule has 1 saturated heterocycles. The fourth-order valence-corrected chi connectivity index (χ4v) is 4.14. The van der Waals surface area contributed by atoms with Crippen molar-refractivity contribution >= 4 is 10.9 Å². The first-order chi connectivity index (χ1) is 14.2. The molecule has 1 aromatic heterocycles. The zero-order valence-electron chi connectivity index (χ0n) is 18.0. The number of aliphatic hydroxyl groups is 4. The molecular weight excluding hydrogens is 388 g/mol. The Balaban J connectivity index is 1.78. The van der Waals surface area contributed by atoms with Crippen LogP contribution >= 0.6 is 0 Å². The van der Waals surface area contributed by atoms with E-state index < -0.39 is 37.3 Å². The normalized spacial score (nSPS) is 27.5. The topological polar surface area (TPSA) is 118 Å². The number of benzene rings is 1. The molecule has 8 heteroatoms. The van der Waals surface area contributed by atoms with E-state index in [1.165, 1.54) is 0 Å². The monoisotopic (exact) mass is 422 g/mol. The number of para-hydroxylation sites is 1. The van der Waals surface area contributed by atoms with E-state index in [-0.39, 0.29) is 0 Å². The van der Waals surface area contributed by atoms with Crippen LogP contribution in [-0.4, -0.2) is 86.3 Å². The van der Waals surface area contributed by atoms with Crippen LogP contribution in [0.25, 0.3) is 10.9 Å². The summed E-state index contributed by atoms with van der Waals surface area (Å²) in [5.41, 5.74) is 1.93. The Morgan fingerprint density at radius 1 is 1.07 bits per heavy atom. The summed E-state index contributed by atoms with van der Waals surface area (Å²) >= 11 is 0. The van der Waals surface area contributed by atoms with Crippen molar-refractivity contribution in [1.29, 1.82) is 0 Å². The number of rotatable bonds is 8. The molecule has 5 unspecified atom stereocenters. The first kappa shape index (κ1) is 23.0. The van der Waals surface area contributed by atoms with Crippen molar-refractivity contribution < 1.29 is 29.9 Å². The largest absolute Gasteiger partial charge is 0.460 e. The average Bonchev–Trinajstić information content (AvgIpc) is 3.12. The summed E-state index contributed by atoms with van der Waals surface area (Å²) < 4.78 is 11.3. The summed E-state index contributed by atoms with van der Waals surface area (Å²) in [6, 6.07) is 6.54. The van der Waals surface area contributed by atoms with Crippen molar-refractivity contribution in [3.63, 3.8) is 0 Å². The zero-order chi connectivity index (χ0) is 22.0. The average molecular weight is 423 g/mol. The molecule has 0 spiro atoms. The van der Waals surface area contributed by atoms with Crippen LogP contribution in [0.3, 0.4) is 0 Å². The van der Waals surface area contributed by atoms with Crippen LogP contribution < -0.4 is 4.74 Å². The predicted octanol–water partition coefficient (Wildman–Crippen LogP) is 1.01. The Kier molecular flexibility index (Phi) is 7.38. The molecule has 0 radical (unpaired) electrons. The molecule has 0 saturated carbocycles. The molecule has 0 amide bonds. The van der Waals surface area contributed by atoms with Crippen LogP contribution in [0, 0.1) is 0 Å². The highest BCUT2D eigenvalue weighted by molar-refractivity contribution is 5.88. The number of hydrogen-bond donors (Lipinski definition) is 5. The van der Waals surface area contributed by atoms with Gasteiger partial charge in [-0.1, -0.05) is 12.1 Å². The van der Waals surface area contributed by atoms with Crippen LogP contribution in [0.1, 0.15) is 33.3 Å². The lowest BCUT2D eigenvalue weighted by Crippen LogP contribution is -2.60. The van der Waals surface area contributed by atoms with Gasteiger partial charge in [0.1, 0.15) is 30.2 Å². The van der Waals surface area contributed by atoms with E-state index in [1.807, 2.05) is 18.3 Å². The molecule has 3 rings (SSSR count). The highest BCUT2D eigenvalue weighted by atomic mass is 16.7. The molecular formula is C22H34N2O6. The zero-order valence-corrected chi connectivity index (χ0v) is 18.0. The fraction of sp³-hybridized carbons (Fsp3) is 0.636. The van der Waals surface area contributed by atoms with Crippen LogP contribution in [0.15, 0.2) is 24.4 Å². The molecule has 1 aliphatic rings. The highest BCUT2D eigenvalue weighted by Gasteiger charge is 2.44. The number of nitrogens with zero attached hydrogens (tertiary/aromatic N) is 1. The van der Waals surface area contributed by atoms with Gasteiger partial charge in [-0.05, 0) is 45.7 Å². The molecule has 1 aromatic carbocycles.